The second-order valence-corrected chi connectivity index (χ2v) is 11.9. The molecule has 0 radical (unpaired) electrons. The summed E-state index contributed by atoms with van der Waals surface area (Å²) in [6.45, 7) is 5.94. The zero-order valence-electron chi connectivity index (χ0n) is 27.4. The first-order valence-electron chi connectivity index (χ1n) is 15.7. The Morgan fingerprint density at radius 2 is 1.22 bits per heavy atom. The summed E-state index contributed by atoms with van der Waals surface area (Å²) in [4.78, 5) is 0. The molecule has 3 aromatic carbocycles. The van der Waals surface area contributed by atoms with Crippen LogP contribution in [0.25, 0.3) is 0 Å². The Hall–Kier alpha value is -3.60. The fourth-order valence-electron chi connectivity index (χ4n) is 5.46. The number of hydrogen-bond donors (Lipinski definition) is 0. The molecule has 1 fully saturated rings. The van der Waals surface area contributed by atoms with E-state index in [0.29, 0.717) is 39.5 Å². The van der Waals surface area contributed by atoms with Crippen LogP contribution in [0.3, 0.4) is 0 Å². The minimum atomic E-state index is -0.575. The van der Waals surface area contributed by atoms with Gasteiger partial charge in [-0.15, -0.1) is 0 Å². The van der Waals surface area contributed by atoms with Crippen LogP contribution >= 0.6 is 0 Å². The first-order chi connectivity index (χ1) is 22.3. The van der Waals surface area contributed by atoms with Gasteiger partial charge in [0.25, 0.3) is 0 Å². The Labute approximate surface area is 272 Å². The predicted octanol–water partition coefficient (Wildman–Crippen LogP) is 6.61. The SMILES string of the molecule is COc1ccc(COC[C@H]2OC(CC[C@H]3COC(C)(C)O3)=C[C@@H](OCc3ccc(OC)cc3)[C@H]2OCc2ccc(OC)cc2)cc1. The maximum absolute atomic E-state index is 6.60. The topological polar surface area (TPSA) is 83.1 Å². The van der Waals surface area contributed by atoms with E-state index < -0.39 is 18.0 Å². The molecular formula is C37H46O9. The highest BCUT2D eigenvalue weighted by Gasteiger charge is 2.38. The fraction of sp³-hybridized carbons (Fsp3) is 0.459. The highest BCUT2D eigenvalue weighted by molar-refractivity contribution is 5.28. The molecular weight excluding hydrogens is 588 g/mol. The Balaban J connectivity index is 1.33. The van der Waals surface area contributed by atoms with Crippen LogP contribution in [0, 0.1) is 0 Å². The van der Waals surface area contributed by atoms with Gasteiger partial charge in [0.1, 0.15) is 29.5 Å². The van der Waals surface area contributed by atoms with Crippen molar-refractivity contribution in [2.75, 3.05) is 34.5 Å². The zero-order chi connectivity index (χ0) is 32.4. The average Bonchev–Trinajstić information content (AvgIpc) is 3.44. The van der Waals surface area contributed by atoms with Crippen molar-refractivity contribution in [2.45, 2.75) is 76.7 Å². The van der Waals surface area contributed by atoms with Crippen molar-refractivity contribution in [1.82, 2.24) is 0 Å². The van der Waals surface area contributed by atoms with E-state index in [0.717, 1.165) is 46.1 Å². The quantitative estimate of drug-likeness (QED) is 0.173. The number of allylic oxidation sites excluding steroid dienone is 1. The maximum Gasteiger partial charge on any atom is 0.163 e. The lowest BCUT2D eigenvalue weighted by Gasteiger charge is -2.37. The summed E-state index contributed by atoms with van der Waals surface area (Å²) >= 11 is 0. The molecule has 0 saturated carbocycles. The van der Waals surface area contributed by atoms with Gasteiger partial charge in [0.05, 0.1) is 66.2 Å². The normalized spacial score (nSPS) is 22.2. The van der Waals surface area contributed by atoms with Crippen molar-refractivity contribution < 1.29 is 42.6 Å². The summed E-state index contributed by atoms with van der Waals surface area (Å²) < 4.78 is 53.8. The molecule has 0 bridgehead atoms. The van der Waals surface area contributed by atoms with Crippen LogP contribution in [0.4, 0.5) is 0 Å². The summed E-state index contributed by atoms with van der Waals surface area (Å²) in [7, 11) is 4.97. The third kappa shape index (κ3) is 9.70. The van der Waals surface area contributed by atoms with Gasteiger partial charge in [-0.3, -0.25) is 0 Å². The van der Waals surface area contributed by atoms with E-state index in [2.05, 4.69) is 0 Å². The van der Waals surface area contributed by atoms with Gasteiger partial charge in [-0.1, -0.05) is 36.4 Å². The van der Waals surface area contributed by atoms with Crippen LogP contribution in [-0.4, -0.2) is 64.7 Å². The van der Waals surface area contributed by atoms with Gasteiger partial charge in [-0.05, 0) is 79.4 Å². The van der Waals surface area contributed by atoms with E-state index >= 15 is 0 Å². The Morgan fingerprint density at radius 3 is 1.72 bits per heavy atom. The number of rotatable bonds is 16. The molecule has 9 heteroatoms. The highest BCUT2D eigenvalue weighted by atomic mass is 16.7. The average molecular weight is 635 g/mol. The Morgan fingerprint density at radius 1 is 0.696 bits per heavy atom. The summed E-state index contributed by atoms with van der Waals surface area (Å²) in [5.41, 5.74) is 3.09. The third-order valence-electron chi connectivity index (χ3n) is 8.04. The maximum atomic E-state index is 6.60. The van der Waals surface area contributed by atoms with Gasteiger partial charge in [-0.25, -0.2) is 0 Å². The van der Waals surface area contributed by atoms with Crippen LogP contribution in [-0.2, 0) is 48.2 Å². The van der Waals surface area contributed by atoms with Crippen molar-refractivity contribution in [1.29, 1.82) is 0 Å². The van der Waals surface area contributed by atoms with Crippen molar-refractivity contribution in [3.8, 4) is 17.2 Å². The molecule has 0 unspecified atom stereocenters. The Bertz CT molecular complexity index is 1370. The predicted molar refractivity (Wildman–Crippen MR) is 173 cm³/mol. The van der Waals surface area contributed by atoms with Gasteiger partial charge in [-0.2, -0.15) is 0 Å². The highest BCUT2D eigenvalue weighted by Crippen LogP contribution is 2.31. The molecule has 248 valence electrons. The van der Waals surface area contributed by atoms with Crippen LogP contribution < -0.4 is 14.2 Å². The monoisotopic (exact) mass is 634 g/mol. The molecule has 46 heavy (non-hydrogen) atoms. The molecule has 0 aliphatic carbocycles. The smallest absolute Gasteiger partial charge is 0.163 e. The standard InChI is InChI=1S/C37H46O9/c1-37(2)44-24-33(46-37)19-18-32-20-34(42-22-27-8-14-30(39-4)15-9-27)36(43-23-28-10-16-31(40-5)17-11-28)35(45-32)25-41-21-26-6-12-29(38-3)13-7-26/h6-17,20,33-36H,18-19,21-25H2,1-5H3/t33-,34+,35+,36+/m0/s1. The molecule has 2 aliphatic heterocycles. The van der Waals surface area contributed by atoms with Crippen molar-refractivity contribution in [3.05, 3.63) is 101 Å². The summed E-state index contributed by atoms with van der Waals surface area (Å²) in [6, 6.07) is 23.6. The second-order valence-electron chi connectivity index (χ2n) is 11.9. The van der Waals surface area contributed by atoms with E-state index in [1.807, 2.05) is 92.7 Å². The molecule has 3 aromatic rings. The van der Waals surface area contributed by atoms with Gasteiger partial charge in [0.2, 0.25) is 0 Å². The Kier molecular flexibility index (Phi) is 12.0. The minimum Gasteiger partial charge on any atom is -0.497 e. The largest absolute Gasteiger partial charge is 0.497 e. The van der Waals surface area contributed by atoms with E-state index in [4.69, 9.17) is 42.6 Å². The summed E-state index contributed by atoms with van der Waals surface area (Å²) in [5, 5.41) is 0. The van der Waals surface area contributed by atoms with Crippen molar-refractivity contribution >= 4 is 0 Å². The van der Waals surface area contributed by atoms with E-state index in [1.54, 1.807) is 21.3 Å². The molecule has 0 amide bonds. The van der Waals surface area contributed by atoms with Gasteiger partial charge < -0.3 is 42.6 Å². The van der Waals surface area contributed by atoms with Crippen LogP contribution in [0.2, 0.25) is 0 Å². The summed E-state index contributed by atoms with van der Waals surface area (Å²) in [5.74, 6) is 2.65. The molecule has 0 N–H and O–H groups in total. The third-order valence-corrected chi connectivity index (χ3v) is 8.04. The number of benzene rings is 3. The van der Waals surface area contributed by atoms with Gasteiger partial charge >= 0.3 is 0 Å². The zero-order valence-corrected chi connectivity index (χ0v) is 27.4. The lowest BCUT2D eigenvalue weighted by Crippen LogP contribution is -2.47. The van der Waals surface area contributed by atoms with Crippen LogP contribution in [0.15, 0.2) is 84.6 Å². The fourth-order valence-corrected chi connectivity index (χ4v) is 5.46. The van der Waals surface area contributed by atoms with Crippen LogP contribution in [0.5, 0.6) is 17.2 Å². The molecule has 0 spiro atoms. The van der Waals surface area contributed by atoms with E-state index in [-0.39, 0.29) is 12.2 Å². The first-order valence-corrected chi connectivity index (χ1v) is 15.7. The first kappa shape index (κ1) is 33.8. The minimum absolute atomic E-state index is 0.00742. The molecule has 9 nitrogen and oxygen atoms in total. The molecule has 5 rings (SSSR count). The van der Waals surface area contributed by atoms with E-state index in [9.17, 15) is 0 Å². The van der Waals surface area contributed by atoms with Crippen LogP contribution in [0.1, 0.15) is 43.4 Å². The van der Waals surface area contributed by atoms with Crippen molar-refractivity contribution in [3.63, 3.8) is 0 Å². The lowest BCUT2D eigenvalue weighted by atomic mass is 10.0. The second kappa shape index (κ2) is 16.3. The lowest BCUT2D eigenvalue weighted by molar-refractivity contribution is -0.156. The van der Waals surface area contributed by atoms with Crippen molar-refractivity contribution in [2.24, 2.45) is 0 Å². The van der Waals surface area contributed by atoms with Gasteiger partial charge in [0, 0.05) is 6.42 Å². The number of ether oxygens (including phenoxy) is 9. The number of hydrogen-bond acceptors (Lipinski definition) is 9. The summed E-state index contributed by atoms with van der Waals surface area (Å²) in [6.07, 6.45) is 2.26. The van der Waals surface area contributed by atoms with E-state index in [1.165, 1.54) is 0 Å². The molecule has 1 saturated heterocycles. The van der Waals surface area contributed by atoms with Gasteiger partial charge in [0.15, 0.2) is 11.9 Å². The molecule has 2 aliphatic rings. The molecule has 4 atom stereocenters. The molecule has 0 aromatic heterocycles. The molecule has 2 heterocycles. The number of methoxy groups -OCH3 is 3.